The molecule has 2 nitrogen and oxygen atoms in total. The van der Waals surface area contributed by atoms with E-state index in [9.17, 15) is 4.39 Å². The van der Waals surface area contributed by atoms with E-state index in [-0.39, 0.29) is 5.82 Å². The molecule has 3 heteroatoms. The third-order valence-corrected chi connectivity index (χ3v) is 4.73. The van der Waals surface area contributed by atoms with Crippen LogP contribution in [0, 0.1) is 24.6 Å². The lowest BCUT2D eigenvalue weighted by Gasteiger charge is -2.20. The lowest BCUT2D eigenvalue weighted by atomic mass is 9.99. The first-order valence-electron chi connectivity index (χ1n) is 9.30. The van der Waals surface area contributed by atoms with Crippen molar-refractivity contribution >= 4 is 5.82 Å². The molecule has 1 heterocycles. The zero-order valence-electron chi connectivity index (χ0n) is 16.4. The molecule has 2 aromatic rings. The van der Waals surface area contributed by atoms with E-state index in [1.165, 1.54) is 0 Å². The molecule has 0 aliphatic rings. The smallest absolute Gasteiger partial charge is 0.129 e. The van der Waals surface area contributed by atoms with Crippen molar-refractivity contribution in [2.24, 2.45) is 11.8 Å². The molecule has 0 saturated carbocycles. The fraction of sp³-hybridized carbons (Fsp3) is 0.500. The van der Waals surface area contributed by atoms with Gasteiger partial charge in [0.15, 0.2) is 0 Å². The number of aryl methyl sites for hydroxylation is 2. The van der Waals surface area contributed by atoms with Gasteiger partial charge >= 0.3 is 0 Å². The normalized spacial score (nSPS) is 12.7. The van der Waals surface area contributed by atoms with Gasteiger partial charge in [0, 0.05) is 11.6 Å². The molecule has 2 rings (SSSR count). The Bertz CT molecular complexity index is 707. The summed E-state index contributed by atoms with van der Waals surface area (Å²) >= 11 is 0. The third-order valence-electron chi connectivity index (χ3n) is 4.73. The van der Waals surface area contributed by atoms with Crippen molar-refractivity contribution in [1.82, 2.24) is 4.98 Å². The minimum Gasteiger partial charge on any atom is -0.367 e. The molecule has 0 aliphatic carbocycles. The molecule has 0 spiro atoms. The second-order valence-electron chi connectivity index (χ2n) is 7.82. The van der Waals surface area contributed by atoms with Gasteiger partial charge in [0.05, 0.1) is 5.69 Å². The summed E-state index contributed by atoms with van der Waals surface area (Å²) in [4.78, 5) is 4.76. The fourth-order valence-electron chi connectivity index (χ4n) is 2.62. The first-order chi connectivity index (χ1) is 11.8. The van der Waals surface area contributed by atoms with Gasteiger partial charge in [0.1, 0.15) is 11.6 Å². The molecular weight excluding hydrogens is 311 g/mol. The highest BCUT2D eigenvalue weighted by Gasteiger charge is 2.12. The van der Waals surface area contributed by atoms with Gasteiger partial charge in [0.2, 0.25) is 0 Å². The number of anilines is 1. The summed E-state index contributed by atoms with van der Waals surface area (Å²) in [6.45, 7) is 13.0. The molecule has 1 N–H and O–H groups in total. The number of hydrogen-bond donors (Lipinski definition) is 1. The van der Waals surface area contributed by atoms with Gasteiger partial charge in [-0.1, -0.05) is 33.8 Å². The van der Waals surface area contributed by atoms with Crippen LogP contribution in [0.15, 0.2) is 30.3 Å². The molecule has 0 radical (unpaired) electrons. The van der Waals surface area contributed by atoms with Crippen LogP contribution in [0.2, 0.25) is 0 Å². The van der Waals surface area contributed by atoms with Gasteiger partial charge in [-0.2, -0.15) is 0 Å². The minimum absolute atomic E-state index is 0.191. The second kappa shape index (κ2) is 8.46. The Morgan fingerprint density at radius 2 is 1.76 bits per heavy atom. The molecular formula is C22H31FN2. The van der Waals surface area contributed by atoms with Crippen LogP contribution in [0.5, 0.6) is 0 Å². The zero-order chi connectivity index (χ0) is 18.6. The number of nitrogens with one attached hydrogen (secondary N) is 1. The maximum absolute atomic E-state index is 14.1. The van der Waals surface area contributed by atoms with E-state index < -0.39 is 0 Å². The number of nitrogens with zero attached hydrogens (tertiary/aromatic N) is 1. The van der Waals surface area contributed by atoms with Gasteiger partial charge in [-0.15, -0.1) is 0 Å². The second-order valence-corrected chi connectivity index (χ2v) is 7.82. The summed E-state index contributed by atoms with van der Waals surface area (Å²) in [7, 11) is 0. The van der Waals surface area contributed by atoms with Crippen molar-refractivity contribution in [3.05, 3.63) is 47.3 Å². The van der Waals surface area contributed by atoms with Crippen LogP contribution in [0.3, 0.4) is 0 Å². The summed E-state index contributed by atoms with van der Waals surface area (Å²) in [5.41, 5.74) is 3.80. The number of pyridine rings is 1. The molecule has 0 amide bonds. The number of benzene rings is 1. The Balaban J connectivity index is 2.31. The van der Waals surface area contributed by atoms with E-state index in [0.29, 0.717) is 17.9 Å². The van der Waals surface area contributed by atoms with Gasteiger partial charge in [0.25, 0.3) is 0 Å². The van der Waals surface area contributed by atoms with E-state index in [1.54, 1.807) is 12.1 Å². The summed E-state index contributed by atoms with van der Waals surface area (Å²) in [6, 6.07) is 9.64. The molecule has 0 saturated heterocycles. The molecule has 1 aromatic heterocycles. The predicted octanol–water partition coefficient (Wildman–Crippen LogP) is 6.24. The van der Waals surface area contributed by atoms with E-state index in [2.05, 4.69) is 52.1 Å². The average Bonchev–Trinajstić information content (AvgIpc) is 2.54. The third kappa shape index (κ3) is 5.55. The van der Waals surface area contributed by atoms with Crippen molar-refractivity contribution < 1.29 is 4.39 Å². The first-order valence-corrected chi connectivity index (χ1v) is 9.30. The Morgan fingerprint density at radius 1 is 1.04 bits per heavy atom. The van der Waals surface area contributed by atoms with Crippen molar-refractivity contribution in [2.75, 3.05) is 5.32 Å². The number of aromatic nitrogens is 1. The molecule has 0 aliphatic heterocycles. The van der Waals surface area contributed by atoms with Crippen molar-refractivity contribution in [3.63, 3.8) is 0 Å². The summed E-state index contributed by atoms with van der Waals surface area (Å²) in [6.07, 6.45) is 1.95. The molecule has 1 unspecified atom stereocenters. The van der Waals surface area contributed by atoms with Crippen LogP contribution in [-0.2, 0) is 6.42 Å². The maximum atomic E-state index is 14.1. The van der Waals surface area contributed by atoms with Crippen LogP contribution in [0.1, 0.15) is 52.2 Å². The summed E-state index contributed by atoms with van der Waals surface area (Å²) < 4.78 is 14.1. The SMILES string of the molecule is Cc1ccc(-c2cc(F)cc(CCC(C)C)c2)nc1NC(C)C(C)C. The topological polar surface area (TPSA) is 24.9 Å². The summed E-state index contributed by atoms with van der Waals surface area (Å²) in [5.74, 6) is 1.81. The average molecular weight is 343 g/mol. The van der Waals surface area contributed by atoms with Gasteiger partial charge in [-0.3, -0.25) is 0 Å². The lowest BCUT2D eigenvalue weighted by Crippen LogP contribution is -2.22. The van der Waals surface area contributed by atoms with Crippen molar-refractivity contribution in [1.29, 1.82) is 0 Å². The molecule has 136 valence electrons. The largest absolute Gasteiger partial charge is 0.367 e. The van der Waals surface area contributed by atoms with Crippen LogP contribution in [-0.4, -0.2) is 11.0 Å². The zero-order valence-corrected chi connectivity index (χ0v) is 16.4. The van der Waals surface area contributed by atoms with Crippen LogP contribution in [0.25, 0.3) is 11.3 Å². The van der Waals surface area contributed by atoms with Gasteiger partial charge in [-0.05, 0) is 73.9 Å². The Kier molecular flexibility index (Phi) is 6.57. The van der Waals surface area contributed by atoms with Crippen molar-refractivity contribution in [2.45, 2.75) is 60.4 Å². The van der Waals surface area contributed by atoms with Gasteiger partial charge in [-0.25, -0.2) is 9.37 Å². The van der Waals surface area contributed by atoms with Crippen LogP contribution >= 0.6 is 0 Å². The molecule has 1 aromatic carbocycles. The molecule has 25 heavy (non-hydrogen) atoms. The molecule has 1 atom stereocenters. The lowest BCUT2D eigenvalue weighted by molar-refractivity contribution is 0.558. The Hall–Kier alpha value is -1.90. The highest BCUT2D eigenvalue weighted by molar-refractivity contribution is 5.64. The Morgan fingerprint density at radius 3 is 2.40 bits per heavy atom. The number of rotatable bonds is 7. The maximum Gasteiger partial charge on any atom is 0.129 e. The highest BCUT2D eigenvalue weighted by atomic mass is 19.1. The highest BCUT2D eigenvalue weighted by Crippen LogP contribution is 2.25. The van der Waals surface area contributed by atoms with E-state index >= 15 is 0 Å². The summed E-state index contributed by atoms with van der Waals surface area (Å²) in [5, 5.41) is 3.48. The molecule has 0 bridgehead atoms. The monoisotopic (exact) mass is 342 g/mol. The fourth-order valence-corrected chi connectivity index (χ4v) is 2.62. The number of hydrogen-bond acceptors (Lipinski definition) is 2. The minimum atomic E-state index is -0.191. The van der Waals surface area contributed by atoms with Gasteiger partial charge < -0.3 is 5.32 Å². The van der Waals surface area contributed by atoms with E-state index in [0.717, 1.165) is 41.0 Å². The van der Waals surface area contributed by atoms with Crippen LogP contribution in [0.4, 0.5) is 10.2 Å². The quantitative estimate of drug-likeness (QED) is 0.644. The standard InChI is InChI=1S/C22H31FN2/c1-14(2)7-9-18-11-19(13-20(23)12-18)21-10-8-16(5)22(25-21)24-17(6)15(3)4/h8,10-15,17H,7,9H2,1-6H3,(H,24,25). The van der Waals surface area contributed by atoms with Crippen molar-refractivity contribution in [3.8, 4) is 11.3 Å². The molecule has 0 fully saturated rings. The number of halogens is 1. The van der Waals surface area contributed by atoms with Crippen LogP contribution < -0.4 is 5.32 Å². The Labute approximate surface area is 151 Å². The first kappa shape index (κ1) is 19.4. The predicted molar refractivity (Wildman–Crippen MR) is 105 cm³/mol. The van der Waals surface area contributed by atoms with E-state index in [1.807, 2.05) is 13.0 Å². The van der Waals surface area contributed by atoms with E-state index in [4.69, 9.17) is 4.98 Å².